The molecule has 2 atom stereocenters. The van der Waals surface area contributed by atoms with E-state index < -0.39 is 5.60 Å². The van der Waals surface area contributed by atoms with Gasteiger partial charge in [0.15, 0.2) is 5.78 Å². The average Bonchev–Trinajstić information content (AvgIpc) is 2.98. The number of hydrogen-bond donors (Lipinski definition) is 1. The van der Waals surface area contributed by atoms with Crippen LogP contribution in [0.25, 0.3) is 6.08 Å². The summed E-state index contributed by atoms with van der Waals surface area (Å²) in [5, 5.41) is 10.5. The van der Waals surface area contributed by atoms with Crippen LogP contribution in [0.2, 0.25) is 0 Å². The molecule has 27 heavy (non-hydrogen) atoms. The average molecular weight is 362 g/mol. The Kier molecular flexibility index (Phi) is 4.27. The van der Waals surface area contributed by atoms with Gasteiger partial charge in [-0.15, -0.1) is 0 Å². The molecule has 0 saturated heterocycles. The lowest BCUT2D eigenvalue weighted by Crippen LogP contribution is -2.33. The fourth-order valence-corrected chi connectivity index (χ4v) is 4.04. The molecule has 4 heteroatoms. The second-order valence-electron chi connectivity index (χ2n) is 7.14. The fourth-order valence-electron chi connectivity index (χ4n) is 4.04. The Labute approximate surface area is 158 Å². The highest BCUT2D eigenvalue weighted by atomic mass is 16.5. The zero-order chi connectivity index (χ0) is 19.0. The largest absolute Gasteiger partial charge is 0.507 e. The number of carbonyl (C=O) groups excluding carboxylic acids is 1. The molecule has 1 aliphatic carbocycles. The zero-order valence-electron chi connectivity index (χ0n) is 15.4. The summed E-state index contributed by atoms with van der Waals surface area (Å²) in [6.07, 6.45) is 9.22. The Hall–Kier alpha value is -3.01. The second kappa shape index (κ2) is 6.62. The number of methoxy groups -OCH3 is 1. The normalized spacial score (nSPS) is 23.0. The summed E-state index contributed by atoms with van der Waals surface area (Å²) >= 11 is 0. The van der Waals surface area contributed by atoms with Crippen molar-refractivity contribution in [3.8, 4) is 17.2 Å². The molecule has 0 bridgehead atoms. The minimum atomic E-state index is -0.528. The van der Waals surface area contributed by atoms with Crippen molar-refractivity contribution in [2.45, 2.75) is 31.3 Å². The van der Waals surface area contributed by atoms with Gasteiger partial charge in [0.2, 0.25) is 0 Å². The van der Waals surface area contributed by atoms with Crippen molar-refractivity contribution in [2.24, 2.45) is 0 Å². The summed E-state index contributed by atoms with van der Waals surface area (Å²) in [6, 6.07) is 11.1. The van der Waals surface area contributed by atoms with E-state index in [1.54, 1.807) is 13.2 Å². The number of fused-ring (bicyclic) bond motifs is 3. The summed E-state index contributed by atoms with van der Waals surface area (Å²) < 4.78 is 11.7. The van der Waals surface area contributed by atoms with Gasteiger partial charge in [0.05, 0.1) is 7.11 Å². The Morgan fingerprint density at radius 1 is 1.33 bits per heavy atom. The van der Waals surface area contributed by atoms with Crippen molar-refractivity contribution in [2.75, 3.05) is 7.11 Å². The Morgan fingerprint density at radius 3 is 2.85 bits per heavy atom. The third-order valence-electron chi connectivity index (χ3n) is 5.39. The van der Waals surface area contributed by atoms with Crippen molar-refractivity contribution in [1.82, 2.24) is 0 Å². The molecule has 2 aromatic rings. The molecule has 1 aliphatic heterocycles. The van der Waals surface area contributed by atoms with E-state index in [0.717, 1.165) is 24.0 Å². The molecule has 0 unspecified atom stereocenters. The molecule has 0 amide bonds. The van der Waals surface area contributed by atoms with Crippen LogP contribution in [0.15, 0.2) is 54.6 Å². The van der Waals surface area contributed by atoms with Crippen LogP contribution in [0.4, 0.5) is 0 Å². The van der Waals surface area contributed by atoms with Gasteiger partial charge in [-0.3, -0.25) is 4.79 Å². The van der Waals surface area contributed by atoms with Crippen LogP contribution in [0.3, 0.4) is 0 Å². The van der Waals surface area contributed by atoms with E-state index in [-0.39, 0.29) is 23.0 Å². The van der Waals surface area contributed by atoms with Crippen LogP contribution in [-0.2, 0) is 0 Å². The Morgan fingerprint density at radius 2 is 2.11 bits per heavy atom. The highest BCUT2D eigenvalue weighted by Crippen LogP contribution is 2.56. The molecule has 0 fully saturated rings. The minimum absolute atomic E-state index is 0.0951. The van der Waals surface area contributed by atoms with Gasteiger partial charge < -0.3 is 14.6 Å². The first kappa shape index (κ1) is 17.4. The van der Waals surface area contributed by atoms with Crippen molar-refractivity contribution >= 4 is 11.9 Å². The number of hydrogen-bond acceptors (Lipinski definition) is 4. The summed E-state index contributed by atoms with van der Waals surface area (Å²) in [5.74, 6) is 0.683. The van der Waals surface area contributed by atoms with Crippen LogP contribution in [-0.4, -0.2) is 23.6 Å². The van der Waals surface area contributed by atoms with E-state index in [1.807, 2.05) is 43.3 Å². The molecule has 1 heterocycles. The van der Waals surface area contributed by atoms with Crippen LogP contribution < -0.4 is 9.47 Å². The van der Waals surface area contributed by atoms with Crippen molar-refractivity contribution < 1.29 is 19.4 Å². The van der Waals surface area contributed by atoms with E-state index in [1.165, 1.54) is 12.1 Å². The van der Waals surface area contributed by atoms with E-state index in [4.69, 9.17) is 9.47 Å². The van der Waals surface area contributed by atoms with Gasteiger partial charge in [-0.25, -0.2) is 0 Å². The fraction of sp³-hybridized carbons (Fsp3) is 0.261. The van der Waals surface area contributed by atoms with E-state index in [9.17, 15) is 9.90 Å². The Bertz CT molecular complexity index is 943. The number of ether oxygens (including phenoxy) is 2. The first-order chi connectivity index (χ1) is 13.0. The van der Waals surface area contributed by atoms with E-state index in [2.05, 4.69) is 6.08 Å². The predicted molar refractivity (Wildman–Crippen MR) is 105 cm³/mol. The van der Waals surface area contributed by atoms with Gasteiger partial charge in [-0.1, -0.05) is 42.5 Å². The maximum absolute atomic E-state index is 12.9. The molecule has 0 aromatic heterocycles. The standard InChI is InChI=1S/C23H22O4/c1-23-13-7-6-10-16(23)20-19(26-2)14-18(25)21(22(20)27-23)17(24)12-11-15-8-4-3-5-9-15/h3-5,7-9,11-14,16,25H,6,10H2,1-2H3/b12-11+/t16-,23-/m1/s1. The summed E-state index contributed by atoms with van der Waals surface area (Å²) in [5.41, 5.74) is 1.46. The third kappa shape index (κ3) is 2.91. The van der Waals surface area contributed by atoms with Crippen molar-refractivity contribution in [3.05, 3.63) is 71.3 Å². The molecule has 4 rings (SSSR count). The molecule has 4 nitrogen and oxygen atoms in total. The smallest absolute Gasteiger partial charge is 0.193 e. The lowest BCUT2D eigenvalue weighted by molar-refractivity contribution is 0.102. The highest BCUT2D eigenvalue weighted by Gasteiger charge is 2.48. The molecule has 138 valence electrons. The highest BCUT2D eigenvalue weighted by molar-refractivity contribution is 6.11. The van der Waals surface area contributed by atoms with Gasteiger partial charge in [0.25, 0.3) is 0 Å². The number of phenols is 1. The molecule has 2 aromatic carbocycles. The Balaban J connectivity index is 1.79. The third-order valence-corrected chi connectivity index (χ3v) is 5.39. The van der Waals surface area contributed by atoms with Gasteiger partial charge in [0, 0.05) is 17.5 Å². The van der Waals surface area contributed by atoms with Crippen LogP contribution >= 0.6 is 0 Å². The quantitative estimate of drug-likeness (QED) is 0.478. The van der Waals surface area contributed by atoms with E-state index in [0.29, 0.717) is 11.5 Å². The second-order valence-corrected chi connectivity index (χ2v) is 7.14. The lowest BCUT2D eigenvalue weighted by atomic mass is 9.78. The van der Waals surface area contributed by atoms with Crippen LogP contribution in [0.5, 0.6) is 17.2 Å². The van der Waals surface area contributed by atoms with Crippen LogP contribution in [0.1, 0.15) is 47.2 Å². The van der Waals surface area contributed by atoms with Crippen molar-refractivity contribution in [1.29, 1.82) is 0 Å². The van der Waals surface area contributed by atoms with Gasteiger partial charge in [-0.05, 0) is 37.5 Å². The topological polar surface area (TPSA) is 55.8 Å². The van der Waals surface area contributed by atoms with Gasteiger partial charge in [-0.2, -0.15) is 0 Å². The van der Waals surface area contributed by atoms with Crippen LogP contribution in [0, 0.1) is 0 Å². The number of ketones is 1. The summed E-state index contributed by atoms with van der Waals surface area (Å²) in [7, 11) is 1.57. The molecule has 0 radical (unpaired) electrons. The molecule has 2 aliphatic rings. The number of carbonyl (C=O) groups is 1. The first-order valence-electron chi connectivity index (χ1n) is 9.11. The van der Waals surface area contributed by atoms with E-state index >= 15 is 0 Å². The number of rotatable bonds is 4. The van der Waals surface area contributed by atoms with Gasteiger partial charge >= 0.3 is 0 Å². The number of phenolic OH excluding ortho intramolecular Hbond substituents is 1. The summed E-state index contributed by atoms with van der Waals surface area (Å²) in [4.78, 5) is 12.9. The SMILES string of the molecule is COc1cc(O)c(C(=O)/C=C/c2ccccc2)c2c1[C@H]1CCC=C[C@@]1(C)O2. The molecule has 0 spiro atoms. The number of aromatic hydroxyl groups is 1. The maximum Gasteiger partial charge on any atom is 0.193 e. The molecular formula is C23H22O4. The number of allylic oxidation sites excluding steroid dienone is 2. The summed E-state index contributed by atoms with van der Waals surface area (Å²) in [6.45, 7) is 2.01. The molecule has 0 saturated carbocycles. The van der Waals surface area contributed by atoms with Crippen molar-refractivity contribution in [3.63, 3.8) is 0 Å². The predicted octanol–water partition coefficient (Wildman–Crippen LogP) is 4.88. The first-order valence-corrected chi connectivity index (χ1v) is 9.11. The van der Waals surface area contributed by atoms with Gasteiger partial charge in [0.1, 0.15) is 28.4 Å². The number of benzene rings is 2. The zero-order valence-corrected chi connectivity index (χ0v) is 15.4. The molecular weight excluding hydrogens is 340 g/mol. The maximum atomic E-state index is 12.9. The minimum Gasteiger partial charge on any atom is -0.507 e. The monoisotopic (exact) mass is 362 g/mol. The molecule has 1 N–H and O–H groups in total. The lowest BCUT2D eigenvalue weighted by Gasteiger charge is -2.30.